The van der Waals surface area contributed by atoms with Crippen molar-refractivity contribution in [3.8, 4) is 0 Å². The first-order valence-electron chi connectivity index (χ1n) is 10.1. The van der Waals surface area contributed by atoms with Gasteiger partial charge < -0.3 is 15.4 Å². The highest BCUT2D eigenvalue weighted by atomic mass is 19.4. The largest absolute Gasteiger partial charge is 0.433 e. The molecule has 0 radical (unpaired) electrons. The first-order chi connectivity index (χ1) is 15.6. The minimum atomic E-state index is -4.55. The molecule has 1 unspecified atom stereocenters. The molecule has 1 aromatic carbocycles. The van der Waals surface area contributed by atoms with Crippen LogP contribution in [0.1, 0.15) is 39.0 Å². The van der Waals surface area contributed by atoms with Crippen LogP contribution >= 0.6 is 0 Å². The molecule has 33 heavy (non-hydrogen) atoms. The molecule has 5 rings (SSSR count). The number of hydrogen-bond donors (Lipinski definition) is 1. The van der Waals surface area contributed by atoms with Crippen LogP contribution in [-0.4, -0.2) is 43.8 Å². The summed E-state index contributed by atoms with van der Waals surface area (Å²) in [6.07, 6.45) is -2.93. The number of aryl methyl sites for hydroxylation is 1. The number of anilines is 1. The van der Waals surface area contributed by atoms with Gasteiger partial charge in [-0.05, 0) is 31.2 Å². The number of likely N-dealkylation sites (N-methyl/N-ethyl adjacent to an activating group) is 1. The third-order valence-corrected chi connectivity index (χ3v) is 5.88. The maximum Gasteiger partial charge on any atom is 0.433 e. The van der Waals surface area contributed by atoms with E-state index in [2.05, 4.69) is 15.0 Å². The molecule has 170 valence electrons. The van der Waals surface area contributed by atoms with Crippen LogP contribution in [0, 0.1) is 6.92 Å². The Labute approximate surface area is 185 Å². The molecular weight excluding hydrogens is 437 g/mol. The predicted molar refractivity (Wildman–Crippen MR) is 113 cm³/mol. The molecule has 11 heteroatoms. The van der Waals surface area contributed by atoms with Crippen molar-refractivity contribution in [1.29, 1.82) is 0 Å². The van der Waals surface area contributed by atoms with E-state index in [1.165, 1.54) is 11.0 Å². The number of amides is 1. The van der Waals surface area contributed by atoms with Gasteiger partial charge >= 0.3 is 6.18 Å². The Balaban J connectivity index is 1.52. The van der Waals surface area contributed by atoms with Gasteiger partial charge in [-0.3, -0.25) is 9.20 Å². The fourth-order valence-electron chi connectivity index (χ4n) is 4.17. The summed E-state index contributed by atoms with van der Waals surface area (Å²) in [6.45, 7) is 1.93. The van der Waals surface area contributed by atoms with Crippen molar-refractivity contribution in [3.05, 3.63) is 64.9 Å². The van der Waals surface area contributed by atoms with E-state index in [9.17, 15) is 18.0 Å². The van der Waals surface area contributed by atoms with Crippen LogP contribution in [0.5, 0.6) is 0 Å². The van der Waals surface area contributed by atoms with E-state index in [1.54, 1.807) is 36.0 Å². The Morgan fingerprint density at radius 1 is 1.24 bits per heavy atom. The summed E-state index contributed by atoms with van der Waals surface area (Å²) in [5, 5.41) is 0. The van der Waals surface area contributed by atoms with Crippen LogP contribution in [0.3, 0.4) is 0 Å². The Kier molecular flexibility index (Phi) is 4.74. The molecule has 0 fully saturated rings. The minimum Gasteiger partial charge on any atom is -0.382 e. The lowest BCUT2D eigenvalue weighted by molar-refractivity contribution is -0.141. The molecule has 3 aromatic heterocycles. The molecule has 2 N–H and O–H groups in total. The van der Waals surface area contributed by atoms with E-state index in [0.29, 0.717) is 33.5 Å². The molecular formula is C22H19F3N6O2. The molecule has 1 amide bonds. The number of carbonyl (C=O) groups is 1. The zero-order valence-corrected chi connectivity index (χ0v) is 17.7. The zero-order chi connectivity index (χ0) is 23.5. The normalized spacial score (nSPS) is 16.2. The summed E-state index contributed by atoms with van der Waals surface area (Å²) in [4.78, 5) is 27.2. The van der Waals surface area contributed by atoms with Gasteiger partial charge in [0.2, 0.25) is 0 Å². The first kappa shape index (κ1) is 21.1. The van der Waals surface area contributed by atoms with Crippen molar-refractivity contribution < 1.29 is 22.7 Å². The molecule has 1 aliphatic rings. The summed E-state index contributed by atoms with van der Waals surface area (Å²) in [5.41, 5.74) is 8.82. The monoisotopic (exact) mass is 456 g/mol. The number of nitrogens with zero attached hydrogens (tertiary/aromatic N) is 5. The second-order valence-electron chi connectivity index (χ2n) is 7.93. The second-order valence-corrected chi connectivity index (χ2v) is 7.93. The molecule has 4 aromatic rings. The van der Waals surface area contributed by atoms with Gasteiger partial charge in [0.05, 0.1) is 41.7 Å². The highest BCUT2D eigenvalue weighted by Crippen LogP contribution is 2.34. The van der Waals surface area contributed by atoms with E-state index in [0.717, 1.165) is 11.8 Å². The Morgan fingerprint density at radius 2 is 2.03 bits per heavy atom. The van der Waals surface area contributed by atoms with Gasteiger partial charge in [-0.15, -0.1) is 0 Å². The number of halogens is 3. The number of aromatic nitrogens is 4. The molecule has 0 bridgehead atoms. The number of benzene rings is 1. The Bertz CT molecular complexity index is 1420. The minimum absolute atomic E-state index is 0.0428. The van der Waals surface area contributed by atoms with E-state index in [4.69, 9.17) is 10.5 Å². The number of ether oxygens (including phenoxy) is 1. The number of imidazole rings is 1. The van der Waals surface area contributed by atoms with Gasteiger partial charge in [0.25, 0.3) is 5.91 Å². The van der Waals surface area contributed by atoms with Crippen LogP contribution in [0.4, 0.5) is 19.0 Å². The second kappa shape index (κ2) is 7.41. The number of pyridine rings is 1. The van der Waals surface area contributed by atoms with Crippen molar-refractivity contribution in [2.24, 2.45) is 0 Å². The number of hydrogen-bond acceptors (Lipinski definition) is 6. The third kappa shape index (κ3) is 3.44. The molecule has 0 spiro atoms. The van der Waals surface area contributed by atoms with Gasteiger partial charge in [-0.1, -0.05) is 6.07 Å². The fourth-order valence-corrected chi connectivity index (χ4v) is 4.17. The van der Waals surface area contributed by atoms with Gasteiger partial charge in [0, 0.05) is 18.2 Å². The molecule has 1 atom stereocenters. The summed E-state index contributed by atoms with van der Waals surface area (Å²) < 4.78 is 46.4. The molecule has 1 aliphatic heterocycles. The molecule has 0 saturated carbocycles. The van der Waals surface area contributed by atoms with E-state index in [-0.39, 0.29) is 24.8 Å². The zero-order valence-electron chi connectivity index (χ0n) is 17.7. The highest BCUT2D eigenvalue weighted by molar-refractivity contribution is 5.98. The topological polar surface area (TPSA) is 98.6 Å². The lowest BCUT2D eigenvalue weighted by atomic mass is 10.0. The standard InChI is InChI=1S/C22H19F3N6O2/c1-11-19-20(26)29-14-5-3-12(7-16(14)31(19)10-27-11)21(32)30(2)17-9-33-8-15-13(17)4-6-18(28-15)22(23,24)25/h3-7,10,17H,8-9H2,1-2H3,(H2,26,29). The molecule has 4 heterocycles. The average molecular weight is 456 g/mol. The smallest absolute Gasteiger partial charge is 0.382 e. The molecule has 8 nitrogen and oxygen atoms in total. The molecule has 0 saturated heterocycles. The lowest BCUT2D eigenvalue weighted by Gasteiger charge is -2.33. The van der Waals surface area contributed by atoms with Crippen LogP contribution < -0.4 is 5.73 Å². The van der Waals surface area contributed by atoms with Crippen LogP contribution in [0.15, 0.2) is 36.7 Å². The fraction of sp³-hybridized carbons (Fsp3) is 0.273. The average Bonchev–Trinajstić information content (AvgIpc) is 3.19. The van der Waals surface area contributed by atoms with Crippen molar-refractivity contribution in [1.82, 2.24) is 24.3 Å². The molecule has 0 aliphatic carbocycles. The number of rotatable bonds is 2. The first-order valence-corrected chi connectivity index (χ1v) is 10.1. The number of nitrogen functional groups attached to an aromatic ring is 1. The van der Waals surface area contributed by atoms with Gasteiger partial charge in [0.1, 0.15) is 23.4 Å². The van der Waals surface area contributed by atoms with Gasteiger partial charge in [0.15, 0.2) is 0 Å². The third-order valence-electron chi connectivity index (χ3n) is 5.88. The van der Waals surface area contributed by atoms with Gasteiger partial charge in [-0.2, -0.15) is 13.2 Å². The summed E-state index contributed by atoms with van der Waals surface area (Å²) >= 11 is 0. The van der Waals surface area contributed by atoms with E-state index < -0.39 is 17.9 Å². The van der Waals surface area contributed by atoms with Crippen molar-refractivity contribution in [2.45, 2.75) is 25.7 Å². The lowest BCUT2D eigenvalue weighted by Crippen LogP contribution is -2.36. The Morgan fingerprint density at radius 3 is 2.79 bits per heavy atom. The Hall–Kier alpha value is -3.73. The number of nitrogens with two attached hydrogens (primary N) is 1. The van der Waals surface area contributed by atoms with Gasteiger partial charge in [-0.25, -0.2) is 15.0 Å². The summed E-state index contributed by atoms with van der Waals surface area (Å²) in [7, 11) is 1.59. The number of fused-ring (bicyclic) bond motifs is 4. The van der Waals surface area contributed by atoms with Crippen LogP contribution in [0.2, 0.25) is 0 Å². The summed E-state index contributed by atoms with van der Waals surface area (Å²) in [5.74, 6) is 0.0236. The van der Waals surface area contributed by atoms with E-state index >= 15 is 0 Å². The maximum atomic E-state index is 13.3. The highest BCUT2D eigenvalue weighted by Gasteiger charge is 2.35. The SMILES string of the molecule is Cc1ncn2c1c(N)nc1ccc(C(=O)N(C)C3COCc4nc(C(F)(F)F)ccc43)cc12. The predicted octanol–water partition coefficient (Wildman–Crippen LogP) is 3.53. The van der Waals surface area contributed by atoms with Crippen LogP contribution in [-0.2, 0) is 17.5 Å². The van der Waals surface area contributed by atoms with E-state index in [1.807, 2.05) is 6.92 Å². The van der Waals surface area contributed by atoms with Crippen LogP contribution in [0.25, 0.3) is 16.6 Å². The van der Waals surface area contributed by atoms with Crippen molar-refractivity contribution in [2.75, 3.05) is 19.4 Å². The quantitative estimate of drug-likeness (QED) is 0.496. The maximum absolute atomic E-state index is 13.3. The number of alkyl halides is 3. The number of carbonyl (C=O) groups excluding carboxylic acids is 1. The van der Waals surface area contributed by atoms with Crippen molar-refractivity contribution in [3.63, 3.8) is 0 Å². The van der Waals surface area contributed by atoms with Crippen molar-refractivity contribution >= 4 is 28.3 Å². The summed E-state index contributed by atoms with van der Waals surface area (Å²) in [6, 6.07) is 6.76.